The summed E-state index contributed by atoms with van der Waals surface area (Å²) in [6, 6.07) is 14.4. The minimum absolute atomic E-state index is 0.648. The van der Waals surface area contributed by atoms with Crippen molar-refractivity contribution in [3.8, 4) is 0 Å². The van der Waals surface area contributed by atoms with Crippen LogP contribution >= 0.6 is 11.8 Å². The van der Waals surface area contributed by atoms with Crippen molar-refractivity contribution >= 4 is 29.1 Å². The monoisotopic (exact) mass is 378 g/mol. The minimum atomic E-state index is 0.648. The van der Waals surface area contributed by atoms with Crippen molar-refractivity contribution in [1.82, 2.24) is 15.0 Å². The number of aromatic nitrogens is 3. The van der Waals surface area contributed by atoms with E-state index in [-0.39, 0.29) is 0 Å². The molecule has 0 spiro atoms. The lowest BCUT2D eigenvalue weighted by Gasteiger charge is -2.36. The molecule has 7 heteroatoms. The highest BCUT2D eigenvalue weighted by Crippen LogP contribution is 2.34. The van der Waals surface area contributed by atoms with Crippen LogP contribution in [-0.4, -0.2) is 41.1 Å². The molecule has 0 saturated carbocycles. The van der Waals surface area contributed by atoms with E-state index >= 15 is 0 Å². The van der Waals surface area contributed by atoms with E-state index in [1.165, 1.54) is 5.56 Å². The van der Waals surface area contributed by atoms with Gasteiger partial charge >= 0.3 is 0 Å². The maximum Gasteiger partial charge on any atom is 0.156 e. The Kier molecular flexibility index (Phi) is 5.11. The summed E-state index contributed by atoms with van der Waals surface area (Å²) in [6.07, 6.45) is 3.44. The molecule has 0 atom stereocenters. The maximum atomic E-state index is 6.42. The summed E-state index contributed by atoms with van der Waals surface area (Å²) in [6.45, 7) is 5.57. The van der Waals surface area contributed by atoms with Gasteiger partial charge in [-0.3, -0.25) is 0 Å². The van der Waals surface area contributed by atoms with Crippen molar-refractivity contribution in [2.75, 3.05) is 41.7 Å². The molecule has 4 rings (SSSR count). The number of hydrogen-bond acceptors (Lipinski definition) is 7. The van der Waals surface area contributed by atoms with E-state index in [1.54, 1.807) is 18.1 Å². The maximum absolute atomic E-state index is 6.42. The van der Waals surface area contributed by atoms with Gasteiger partial charge in [0.15, 0.2) is 5.82 Å². The van der Waals surface area contributed by atoms with E-state index in [0.29, 0.717) is 5.69 Å². The van der Waals surface area contributed by atoms with Crippen LogP contribution in [0, 0.1) is 6.92 Å². The van der Waals surface area contributed by atoms with Crippen LogP contribution in [0.5, 0.6) is 0 Å². The molecule has 138 valence electrons. The molecule has 2 N–H and O–H groups in total. The molecule has 0 radical (unpaired) electrons. The molecule has 0 aliphatic carbocycles. The third-order valence-electron chi connectivity index (χ3n) is 4.61. The predicted molar refractivity (Wildman–Crippen MR) is 110 cm³/mol. The van der Waals surface area contributed by atoms with E-state index in [2.05, 4.69) is 55.9 Å². The second-order valence-corrected chi connectivity index (χ2v) is 7.56. The van der Waals surface area contributed by atoms with Gasteiger partial charge in [0.1, 0.15) is 22.9 Å². The zero-order valence-corrected chi connectivity index (χ0v) is 16.1. The summed E-state index contributed by atoms with van der Waals surface area (Å²) in [7, 11) is 0. The molecule has 3 aromatic rings. The molecule has 1 aromatic carbocycles. The van der Waals surface area contributed by atoms with Gasteiger partial charge in [0.25, 0.3) is 0 Å². The number of nitrogen functional groups attached to an aromatic ring is 1. The number of anilines is 3. The molecule has 6 nitrogen and oxygen atoms in total. The van der Waals surface area contributed by atoms with Gasteiger partial charge in [-0.05, 0) is 31.2 Å². The smallest absolute Gasteiger partial charge is 0.156 e. The van der Waals surface area contributed by atoms with Crippen LogP contribution in [-0.2, 0) is 0 Å². The van der Waals surface area contributed by atoms with E-state index in [9.17, 15) is 0 Å². The lowest BCUT2D eigenvalue weighted by molar-refractivity contribution is 0.641. The molecule has 1 saturated heterocycles. The Balaban J connectivity index is 1.47. The molecule has 3 heterocycles. The Morgan fingerprint density at radius 3 is 2.33 bits per heavy atom. The first-order chi connectivity index (χ1) is 13.2. The standard InChI is InChI=1S/C20H22N6S/c1-15-5-7-16(8-6-15)27-20-18(21)19(23-14-24-20)26-12-10-25(11-13-26)17-4-2-3-9-22-17/h2-9,14H,10-13,21H2,1H3. The average Bonchev–Trinajstić information content (AvgIpc) is 2.72. The topological polar surface area (TPSA) is 71.2 Å². The molecule has 1 aliphatic rings. The number of hydrogen-bond donors (Lipinski definition) is 1. The quantitative estimate of drug-likeness (QED) is 0.699. The Morgan fingerprint density at radius 1 is 0.889 bits per heavy atom. The lowest BCUT2D eigenvalue weighted by atomic mass is 10.2. The SMILES string of the molecule is Cc1ccc(Sc2ncnc(N3CCN(c4ccccn4)CC3)c2N)cc1. The number of nitrogens with zero attached hydrogens (tertiary/aromatic N) is 5. The Bertz CT molecular complexity index is 892. The predicted octanol–water partition coefficient (Wildman–Crippen LogP) is 3.24. The van der Waals surface area contributed by atoms with E-state index in [1.807, 2.05) is 24.4 Å². The number of nitrogens with two attached hydrogens (primary N) is 1. The zero-order chi connectivity index (χ0) is 18.6. The van der Waals surface area contributed by atoms with Gasteiger partial charge in [0.05, 0.1) is 0 Å². The van der Waals surface area contributed by atoms with E-state index < -0.39 is 0 Å². The molecule has 1 aliphatic heterocycles. The summed E-state index contributed by atoms with van der Waals surface area (Å²) in [5.41, 5.74) is 8.31. The fourth-order valence-electron chi connectivity index (χ4n) is 3.11. The summed E-state index contributed by atoms with van der Waals surface area (Å²) in [5, 5.41) is 0.802. The molecular formula is C20H22N6S. The largest absolute Gasteiger partial charge is 0.394 e. The third kappa shape index (κ3) is 3.98. The van der Waals surface area contributed by atoms with Gasteiger partial charge < -0.3 is 15.5 Å². The van der Waals surface area contributed by atoms with Crippen molar-refractivity contribution in [3.05, 3.63) is 60.6 Å². The number of piperazine rings is 1. The number of rotatable bonds is 4. The highest BCUT2D eigenvalue weighted by molar-refractivity contribution is 7.99. The normalized spacial score (nSPS) is 14.4. The lowest BCUT2D eigenvalue weighted by Crippen LogP contribution is -2.47. The third-order valence-corrected chi connectivity index (χ3v) is 5.64. The van der Waals surface area contributed by atoms with Crippen LogP contribution in [0.4, 0.5) is 17.3 Å². The van der Waals surface area contributed by atoms with Gasteiger partial charge in [-0.25, -0.2) is 15.0 Å². The zero-order valence-electron chi connectivity index (χ0n) is 15.2. The van der Waals surface area contributed by atoms with Crippen molar-refractivity contribution in [2.45, 2.75) is 16.8 Å². The van der Waals surface area contributed by atoms with Gasteiger partial charge in [-0.15, -0.1) is 0 Å². The molecule has 27 heavy (non-hydrogen) atoms. The second-order valence-electron chi connectivity index (χ2n) is 6.49. The second kappa shape index (κ2) is 7.84. The molecule has 2 aromatic heterocycles. The molecule has 0 bridgehead atoms. The highest BCUT2D eigenvalue weighted by Gasteiger charge is 2.22. The molecular weight excluding hydrogens is 356 g/mol. The van der Waals surface area contributed by atoms with Crippen molar-refractivity contribution in [1.29, 1.82) is 0 Å². The Labute approximate surface area is 163 Å². The van der Waals surface area contributed by atoms with Crippen LogP contribution in [0.3, 0.4) is 0 Å². The van der Waals surface area contributed by atoms with Crippen LogP contribution in [0.2, 0.25) is 0 Å². The number of pyridine rings is 1. The van der Waals surface area contributed by atoms with Gasteiger partial charge in [-0.1, -0.05) is 35.5 Å². The van der Waals surface area contributed by atoms with Crippen molar-refractivity contribution in [2.24, 2.45) is 0 Å². The van der Waals surface area contributed by atoms with Crippen molar-refractivity contribution < 1.29 is 0 Å². The van der Waals surface area contributed by atoms with Gasteiger partial charge in [-0.2, -0.15) is 0 Å². The fourth-order valence-corrected chi connectivity index (χ4v) is 3.91. The summed E-state index contributed by atoms with van der Waals surface area (Å²) in [4.78, 5) is 18.9. The molecule has 0 unspecified atom stereocenters. The number of aryl methyl sites for hydroxylation is 1. The summed E-state index contributed by atoms with van der Waals surface area (Å²) in [5.74, 6) is 1.84. The first-order valence-corrected chi connectivity index (χ1v) is 9.78. The van der Waals surface area contributed by atoms with Gasteiger partial charge in [0, 0.05) is 37.3 Å². The van der Waals surface area contributed by atoms with Crippen LogP contribution in [0.25, 0.3) is 0 Å². The van der Waals surface area contributed by atoms with Crippen LogP contribution < -0.4 is 15.5 Å². The average molecular weight is 379 g/mol. The van der Waals surface area contributed by atoms with Crippen LogP contribution in [0.1, 0.15) is 5.56 Å². The highest BCUT2D eigenvalue weighted by atomic mass is 32.2. The van der Waals surface area contributed by atoms with Crippen LogP contribution in [0.15, 0.2) is 64.9 Å². The first-order valence-electron chi connectivity index (χ1n) is 8.96. The Morgan fingerprint density at radius 2 is 1.63 bits per heavy atom. The summed E-state index contributed by atoms with van der Waals surface area (Å²) < 4.78 is 0. The minimum Gasteiger partial charge on any atom is -0.394 e. The van der Waals surface area contributed by atoms with E-state index in [4.69, 9.17) is 5.73 Å². The Hall–Kier alpha value is -2.80. The van der Waals surface area contributed by atoms with E-state index in [0.717, 1.165) is 47.7 Å². The summed E-state index contributed by atoms with van der Waals surface area (Å²) >= 11 is 1.58. The fraction of sp³-hybridized carbons (Fsp3) is 0.250. The molecule has 1 fully saturated rings. The van der Waals surface area contributed by atoms with Crippen molar-refractivity contribution in [3.63, 3.8) is 0 Å². The first kappa shape index (κ1) is 17.6. The molecule has 0 amide bonds. The van der Waals surface area contributed by atoms with Gasteiger partial charge in [0.2, 0.25) is 0 Å². The number of benzene rings is 1.